The summed E-state index contributed by atoms with van der Waals surface area (Å²) in [7, 11) is 0. The van der Waals surface area contributed by atoms with E-state index in [0.29, 0.717) is 17.0 Å². The second-order valence-electron chi connectivity index (χ2n) is 4.70. The van der Waals surface area contributed by atoms with Gasteiger partial charge in [-0.2, -0.15) is 0 Å². The van der Waals surface area contributed by atoms with E-state index in [0.717, 1.165) is 17.0 Å². The number of hydrogen-bond donors (Lipinski definition) is 1. The van der Waals surface area contributed by atoms with Crippen LogP contribution in [-0.2, 0) is 0 Å². The molecule has 2 N–H and O–H groups in total. The van der Waals surface area contributed by atoms with Gasteiger partial charge < -0.3 is 10.3 Å². The lowest BCUT2D eigenvalue weighted by Crippen LogP contribution is -2.25. The molecule has 0 amide bonds. The van der Waals surface area contributed by atoms with E-state index in [-0.39, 0.29) is 0 Å². The number of fused-ring (bicyclic) bond motifs is 1. The topological polar surface area (TPSA) is 43.8 Å². The molecule has 2 aromatic rings. The summed E-state index contributed by atoms with van der Waals surface area (Å²) in [4.78, 5) is 4.36. The molecule has 1 aliphatic rings. The van der Waals surface area contributed by atoms with E-state index >= 15 is 0 Å². The van der Waals surface area contributed by atoms with Gasteiger partial charge in [0.2, 0.25) is 5.95 Å². The van der Waals surface area contributed by atoms with Gasteiger partial charge in [-0.05, 0) is 37.0 Å². The normalized spacial score (nSPS) is 24.6. The molecule has 1 aromatic carbocycles. The Labute approximate surface area is 99.2 Å². The minimum Gasteiger partial charge on any atom is -0.369 e. The highest BCUT2D eigenvalue weighted by molar-refractivity contribution is 6.31. The van der Waals surface area contributed by atoms with E-state index in [1.807, 2.05) is 18.2 Å². The fourth-order valence-corrected chi connectivity index (χ4v) is 2.71. The Morgan fingerprint density at radius 3 is 2.88 bits per heavy atom. The number of nitrogens with two attached hydrogens (primary N) is 1. The minimum atomic E-state index is 0.515. The molecule has 0 atom stereocenters. The highest BCUT2D eigenvalue weighted by Gasteiger charge is 2.29. The van der Waals surface area contributed by atoms with Crippen LogP contribution >= 0.6 is 11.6 Å². The van der Waals surface area contributed by atoms with Gasteiger partial charge in [-0.1, -0.05) is 18.5 Å². The van der Waals surface area contributed by atoms with Crippen molar-refractivity contribution in [2.24, 2.45) is 5.92 Å². The van der Waals surface area contributed by atoms with Gasteiger partial charge in [-0.25, -0.2) is 4.98 Å². The highest BCUT2D eigenvalue weighted by atomic mass is 35.5. The summed E-state index contributed by atoms with van der Waals surface area (Å²) < 4.78 is 2.14. The van der Waals surface area contributed by atoms with Crippen LogP contribution in [0.4, 0.5) is 5.95 Å². The number of nitrogen functional groups attached to an aromatic ring is 1. The maximum atomic E-state index is 5.97. The Hall–Kier alpha value is -1.22. The molecule has 16 heavy (non-hydrogen) atoms. The third-order valence-corrected chi connectivity index (χ3v) is 3.63. The molecule has 0 unspecified atom stereocenters. The molecule has 1 saturated carbocycles. The van der Waals surface area contributed by atoms with Crippen LogP contribution in [0.2, 0.25) is 5.02 Å². The summed E-state index contributed by atoms with van der Waals surface area (Å²) in [5.74, 6) is 1.41. The number of imidazole rings is 1. The number of benzene rings is 1. The van der Waals surface area contributed by atoms with Gasteiger partial charge in [0.1, 0.15) is 0 Å². The van der Waals surface area contributed by atoms with Crippen molar-refractivity contribution in [3.05, 3.63) is 23.2 Å². The van der Waals surface area contributed by atoms with Crippen LogP contribution in [0.3, 0.4) is 0 Å². The van der Waals surface area contributed by atoms with Gasteiger partial charge in [0.15, 0.2) is 0 Å². The first kappa shape index (κ1) is 9.97. The Morgan fingerprint density at radius 1 is 1.44 bits per heavy atom. The molecule has 1 aromatic heterocycles. The number of halogens is 1. The lowest BCUT2D eigenvalue weighted by atomic mass is 9.81. The van der Waals surface area contributed by atoms with Crippen LogP contribution < -0.4 is 5.73 Å². The fraction of sp³-hybridized carbons (Fsp3) is 0.417. The average molecular weight is 236 g/mol. The van der Waals surface area contributed by atoms with Crippen molar-refractivity contribution in [1.29, 1.82) is 0 Å². The predicted molar refractivity (Wildman–Crippen MR) is 66.6 cm³/mol. The second kappa shape index (κ2) is 3.39. The van der Waals surface area contributed by atoms with E-state index in [4.69, 9.17) is 17.3 Å². The van der Waals surface area contributed by atoms with E-state index in [1.165, 1.54) is 12.8 Å². The van der Waals surface area contributed by atoms with E-state index in [9.17, 15) is 0 Å². The maximum absolute atomic E-state index is 5.97. The maximum Gasteiger partial charge on any atom is 0.201 e. The zero-order chi connectivity index (χ0) is 11.3. The number of anilines is 1. The molecular weight excluding hydrogens is 222 g/mol. The Kier molecular flexibility index (Phi) is 2.11. The minimum absolute atomic E-state index is 0.515. The summed E-state index contributed by atoms with van der Waals surface area (Å²) in [5, 5.41) is 0.708. The van der Waals surface area contributed by atoms with Crippen molar-refractivity contribution in [2.75, 3.05) is 5.73 Å². The van der Waals surface area contributed by atoms with Crippen LogP contribution in [0.1, 0.15) is 25.8 Å². The average Bonchev–Trinajstić information content (AvgIpc) is 2.48. The summed E-state index contributed by atoms with van der Waals surface area (Å²) in [6.07, 6.45) is 2.39. The third kappa shape index (κ3) is 1.39. The highest BCUT2D eigenvalue weighted by Crippen LogP contribution is 2.40. The van der Waals surface area contributed by atoms with Gasteiger partial charge in [0, 0.05) is 11.1 Å². The van der Waals surface area contributed by atoms with Crippen molar-refractivity contribution >= 4 is 28.6 Å². The second-order valence-corrected chi connectivity index (χ2v) is 5.14. The largest absolute Gasteiger partial charge is 0.369 e. The van der Waals surface area contributed by atoms with Crippen molar-refractivity contribution in [3.63, 3.8) is 0 Å². The van der Waals surface area contributed by atoms with Crippen molar-refractivity contribution in [2.45, 2.75) is 25.8 Å². The lowest BCUT2D eigenvalue weighted by Gasteiger charge is -2.34. The molecule has 4 heteroatoms. The molecule has 0 aliphatic heterocycles. The summed E-state index contributed by atoms with van der Waals surface area (Å²) in [5.41, 5.74) is 7.96. The summed E-state index contributed by atoms with van der Waals surface area (Å²) >= 11 is 5.94. The number of rotatable bonds is 1. The zero-order valence-corrected chi connectivity index (χ0v) is 9.91. The number of hydrogen-bond acceptors (Lipinski definition) is 2. The molecule has 1 aliphatic carbocycles. The van der Waals surface area contributed by atoms with E-state index < -0.39 is 0 Å². The first-order valence-corrected chi connectivity index (χ1v) is 5.96. The molecule has 0 spiro atoms. The van der Waals surface area contributed by atoms with E-state index in [1.54, 1.807) is 0 Å². The van der Waals surface area contributed by atoms with Gasteiger partial charge in [0.05, 0.1) is 11.0 Å². The molecule has 0 radical (unpaired) electrons. The van der Waals surface area contributed by atoms with E-state index in [2.05, 4.69) is 16.5 Å². The molecule has 3 rings (SSSR count). The summed E-state index contributed by atoms with van der Waals surface area (Å²) in [6.45, 7) is 2.27. The smallest absolute Gasteiger partial charge is 0.201 e. The first-order chi connectivity index (χ1) is 7.65. The first-order valence-electron chi connectivity index (χ1n) is 5.58. The predicted octanol–water partition coefficient (Wildman–Crippen LogP) is 3.24. The van der Waals surface area contributed by atoms with Crippen molar-refractivity contribution in [3.8, 4) is 0 Å². The SMILES string of the molecule is CC1CC(n2c(N)nc3cc(Cl)ccc32)C1. The van der Waals surface area contributed by atoms with Gasteiger partial charge >= 0.3 is 0 Å². The molecule has 3 nitrogen and oxygen atoms in total. The lowest BCUT2D eigenvalue weighted by molar-refractivity contribution is 0.223. The van der Waals surface area contributed by atoms with Crippen LogP contribution in [0.5, 0.6) is 0 Å². The molecule has 1 fully saturated rings. The van der Waals surface area contributed by atoms with Crippen LogP contribution in [-0.4, -0.2) is 9.55 Å². The Morgan fingerprint density at radius 2 is 2.19 bits per heavy atom. The van der Waals surface area contributed by atoms with Crippen molar-refractivity contribution < 1.29 is 0 Å². The Bertz CT molecular complexity index is 540. The van der Waals surface area contributed by atoms with Gasteiger partial charge in [-0.3, -0.25) is 0 Å². The van der Waals surface area contributed by atoms with Crippen LogP contribution in [0.15, 0.2) is 18.2 Å². The summed E-state index contributed by atoms with van der Waals surface area (Å²) in [6, 6.07) is 6.28. The Balaban J connectivity index is 2.13. The molecular formula is C12H14ClN3. The monoisotopic (exact) mass is 235 g/mol. The van der Waals surface area contributed by atoms with Gasteiger partial charge in [-0.15, -0.1) is 0 Å². The third-order valence-electron chi connectivity index (χ3n) is 3.39. The molecule has 0 saturated heterocycles. The van der Waals surface area contributed by atoms with Gasteiger partial charge in [0.25, 0.3) is 0 Å². The number of nitrogens with zero attached hydrogens (tertiary/aromatic N) is 2. The fourth-order valence-electron chi connectivity index (χ4n) is 2.54. The van der Waals surface area contributed by atoms with Crippen LogP contribution in [0, 0.1) is 5.92 Å². The molecule has 1 heterocycles. The number of aromatic nitrogens is 2. The zero-order valence-electron chi connectivity index (χ0n) is 9.15. The standard InChI is InChI=1S/C12H14ClN3/c1-7-4-9(5-7)16-11-3-2-8(13)6-10(11)15-12(16)14/h2-3,6-7,9H,4-5H2,1H3,(H2,14,15). The quantitative estimate of drug-likeness (QED) is 0.825. The van der Waals surface area contributed by atoms with Crippen molar-refractivity contribution in [1.82, 2.24) is 9.55 Å². The molecule has 84 valence electrons. The molecule has 0 bridgehead atoms. The van der Waals surface area contributed by atoms with Crippen LogP contribution in [0.25, 0.3) is 11.0 Å².